The maximum absolute atomic E-state index is 6.60. The average Bonchev–Trinajstić information content (AvgIpc) is 2.28. The van der Waals surface area contributed by atoms with Gasteiger partial charge in [-0.15, -0.1) is 11.6 Å². The Labute approximate surface area is 105 Å². The SMILES string of the molecule is CC1CCCCCC(Cl)C2CCCCC2N1. The lowest BCUT2D eigenvalue weighted by atomic mass is 9.80. The predicted molar refractivity (Wildman–Crippen MR) is 71.1 cm³/mol. The third-order valence-electron chi connectivity index (χ3n) is 4.40. The largest absolute Gasteiger partial charge is 0.311 e. The van der Waals surface area contributed by atoms with E-state index >= 15 is 0 Å². The van der Waals surface area contributed by atoms with Gasteiger partial charge in [0.05, 0.1) is 0 Å². The number of hydrogen-bond acceptors (Lipinski definition) is 1. The van der Waals surface area contributed by atoms with E-state index in [4.69, 9.17) is 11.6 Å². The summed E-state index contributed by atoms with van der Waals surface area (Å²) in [5, 5.41) is 4.25. The molecule has 1 aliphatic carbocycles. The number of nitrogens with one attached hydrogen (secondary N) is 1. The van der Waals surface area contributed by atoms with Crippen molar-refractivity contribution in [3.63, 3.8) is 0 Å². The molecule has 1 nitrogen and oxygen atoms in total. The molecule has 0 amide bonds. The lowest BCUT2D eigenvalue weighted by Crippen LogP contribution is -2.46. The Balaban J connectivity index is 1.99. The van der Waals surface area contributed by atoms with Gasteiger partial charge in [0.2, 0.25) is 0 Å². The quantitative estimate of drug-likeness (QED) is 0.632. The molecule has 0 aromatic heterocycles. The summed E-state index contributed by atoms with van der Waals surface area (Å²) in [5.41, 5.74) is 0. The van der Waals surface area contributed by atoms with E-state index in [-0.39, 0.29) is 0 Å². The Morgan fingerprint density at radius 2 is 1.56 bits per heavy atom. The second-order valence-electron chi connectivity index (χ2n) is 5.78. The lowest BCUT2D eigenvalue weighted by Gasteiger charge is -2.37. The predicted octanol–water partition coefficient (Wildman–Crippen LogP) is 4.09. The third-order valence-corrected chi connectivity index (χ3v) is 4.94. The lowest BCUT2D eigenvalue weighted by molar-refractivity contribution is 0.223. The van der Waals surface area contributed by atoms with Gasteiger partial charge in [-0.05, 0) is 38.5 Å². The second kappa shape index (κ2) is 6.26. The van der Waals surface area contributed by atoms with Crippen LogP contribution in [0.15, 0.2) is 0 Å². The Morgan fingerprint density at radius 3 is 2.44 bits per heavy atom. The molecule has 2 fully saturated rings. The fraction of sp³-hybridized carbons (Fsp3) is 1.00. The molecule has 2 rings (SSSR count). The zero-order chi connectivity index (χ0) is 11.4. The zero-order valence-electron chi connectivity index (χ0n) is 10.6. The van der Waals surface area contributed by atoms with Crippen LogP contribution < -0.4 is 5.32 Å². The van der Waals surface area contributed by atoms with Crippen LogP contribution in [0, 0.1) is 5.92 Å². The molecule has 0 radical (unpaired) electrons. The first-order valence-electron chi connectivity index (χ1n) is 7.17. The molecule has 0 aromatic rings. The molecular weight excluding hydrogens is 218 g/mol. The smallest absolute Gasteiger partial charge is 0.0379 e. The van der Waals surface area contributed by atoms with Gasteiger partial charge in [-0.3, -0.25) is 0 Å². The van der Waals surface area contributed by atoms with Crippen LogP contribution in [0.2, 0.25) is 0 Å². The van der Waals surface area contributed by atoms with Gasteiger partial charge in [0.15, 0.2) is 0 Å². The van der Waals surface area contributed by atoms with Gasteiger partial charge in [-0.25, -0.2) is 0 Å². The van der Waals surface area contributed by atoms with Crippen molar-refractivity contribution in [2.24, 2.45) is 5.92 Å². The molecule has 94 valence electrons. The van der Waals surface area contributed by atoms with E-state index in [0.717, 1.165) is 5.92 Å². The highest BCUT2D eigenvalue weighted by atomic mass is 35.5. The summed E-state index contributed by atoms with van der Waals surface area (Å²) in [5.74, 6) is 0.732. The van der Waals surface area contributed by atoms with Gasteiger partial charge >= 0.3 is 0 Å². The van der Waals surface area contributed by atoms with Gasteiger partial charge in [0.25, 0.3) is 0 Å². The highest BCUT2D eigenvalue weighted by Crippen LogP contribution is 2.33. The number of rotatable bonds is 0. The van der Waals surface area contributed by atoms with Crippen molar-refractivity contribution in [2.45, 2.75) is 82.2 Å². The minimum Gasteiger partial charge on any atom is -0.311 e. The van der Waals surface area contributed by atoms with Crippen LogP contribution >= 0.6 is 11.6 Å². The molecule has 0 spiro atoms. The summed E-state index contributed by atoms with van der Waals surface area (Å²) in [4.78, 5) is 0. The van der Waals surface area contributed by atoms with Crippen molar-refractivity contribution in [1.82, 2.24) is 5.32 Å². The summed E-state index contributed by atoms with van der Waals surface area (Å²) < 4.78 is 0. The van der Waals surface area contributed by atoms with E-state index in [2.05, 4.69) is 12.2 Å². The molecule has 1 aliphatic heterocycles. The van der Waals surface area contributed by atoms with Gasteiger partial charge in [0, 0.05) is 17.5 Å². The van der Waals surface area contributed by atoms with Crippen LogP contribution in [0.1, 0.15) is 64.7 Å². The molecule has 2 heteroatoms. The normalized spacial score (nSPS) is 42.4. The number of halogens is 1. The second-order valence-corrected chi connectivity index (χ2v) is 6.34. The molecule has 0 bridgehead atoms. The molecule has 1 saturated carbocycles. The molecule has 16 heavy (non-hydrogen) atoms. The van der Waals surface area contributed by atoms with E-state index in [1.807, 2.05) is 0 Å². The Hall–Kier alpha value is 0.250. The van der Waals surface area contributed by atoms with Crippen LogP contribution in [-0.2, 0) is 0 Å². The standard InChI is InChI=1S/C14H26ClN/c1-11-7-3-2-4-9-13(15)12-8-5-6-10-14(12)16-11/h11-14,16H,2-10H2,1H3. The number of alkyl halides is 1. The number of hydrogen-bond donors (Lipinski definition) is 1. The van der Waals surface area contributed by atoms with Crippen LogP contribution in [0.4, 0.5) is 0 Å². The van der Waals surface area contributed by atoms with Crippen LogP contribution in [0.25, 0.3) is 0 Å². The van der Waals surface area contributed by atoms with E-state index in [1.54, 1.807) is 0 Å². The van der Waals surface area contributed by atoms with Crippen molar-refractivity contribution >= 4 is 11.6 Å². The maximum atomic E-state index is 6.60. The molecule has 1 saturated heterocycles. The van der Waals surface area contributed by atoms with Crippen LogP contribution in [0.3, 0.4) is 0 Å². The maximum Gasteiger partial charge on any atom is 0.0379 e. The first-order valence-corrected chi connectivity index (χ1v) is 7.61. The summed E-state index contributed by atoms with van der Waals surface area (Å²) >= 11 is 6.60. The van der Waals surface area contributed by atoms with Gasteiger partial charge in [0.1, 0.15) is 0 Å². The van der Waals surface area contributed by atoms with Crippen molar-refractivity contribution in [3.8, 4) is 0 Å². The van der Waals surface area contributed by atoms with E-state index in [1.165, 1.54) is 57.8 Å². The Bertz CT molecular complexity index is 207. The van der Waals surface area contributed by atoms with Crippen LogP contribution in [-0.4, -0.2) is 17.5 Å². The molecule has 1 heterocycles. The minimum atomic E-state index is 0.420. The third kappa shape index (κ3) is 3.37. The van der Waals surface area contributed by atoms with Crippen LogP contribution in [0.5, 0.6) is 0 Å². The van der Waals surface area contributed by atoms with E-state index < -0.39 is 0 Å². The summed E-state index contributed by atoms with van der Waals surface area (Å²) in [6.07, 6.45) is 12.1. The highest BCUT2D eigenvalue weighted by molar-refractivity contribution is 6.20. The van der Waals surface area contributed by atoms with Crippen molar-refractivity contribution in [3.05, 3.63) is 0 Å². The Kier molecular flexibility index (Phi) is 4.97. The molecule has 4 atom stereocenters. The first-order chi connectivity index (χ1) is 7.77. The summed E-state index contributed by atoms with van der Waals surface area (Å²) in [6.45, 7) is 2.34. The van der Waals surface area contributed by atoms with E-state index in [0.29, 0.717) is 17.5 Å². The average molecular weight is 244 g/mol. The van der Waals surface area contributed by atoms with Gasteiger partial charge < -0.3 is 5.32 Å². The zero-order valence-corrected chi connectivity index (χ0v) is 11.3. The topological polar surface area (TPSA) is 12.0 Å². The highest BCUT2D eigenvalue weighted by Gasteiger charge is 2.31. The summed E-state index contributed by atoms with van der Waals surface area (Å²) in [6, 6.07) is 1.39. The summed E-state index contributed by atoms with van der Waals surface area (Å²) in [7, 11) is 0. The first kappa shape index (κ1) is 12.7. The molecule has 2 aliphatic rings. The molecular formula is C14H26ClN. The molecule has 1 N–H and O–H groups in total. The number of fused-ring (bicyclic) bond motifs is 1. The van der Waals surface area contributed by atoms with E-state index in [9.17, 15) is 0 Å². The van der Waals surface area contributed by atoms with Crippen molar-refractivity contribution in [1.29, 1.82) is 0 Å². The molecule has 4 unspecified atom stereocenters. The van der Waals surface area contributed by atoms with Gasteiger partial charge in [-0.2, -0.15) is 0 Å². The fourth-order valence-electron chi connectivity index (χ4n) is 3.43. The van der Waals surface area contributed by atoms with Crippen molar-refractivity contribution < 1.29 is 0 Å². The molecule has 0 aromatic carbocycles. The Morgan fingerprint density at radius 1 is 0.875 bits per heavy atom. The fourth-order valence-corrected chi connectivity index (χ4v) is 3.88. The van der Waals surface area contributed by atoms with Gasteiger partial charge in [-0.1, -0.05) is 32.1 Å². The minimum absolute atomic E-state index is 0.420. The van der Waals surface area contributed by atoms with Crippen molar-refractivity contribution in [2.75, 3.05) is 0 Å². The monoisotopic (exact) mass is 243 g/mol.